The summed E-state index contributed by atoms with van der Waals surface area (Å²) >= 11 is 0. The van der Waals surface area contributed by atoms with Crippen LogP contribution < -0.4 is 0 Å². The van der Waals surface area contributed by atoms with E-state index in [1.807, 2.05) is 6.92 Å². The Bertz CT molecular complexity index is 1290. The third-order valence-corrected chi connectivity index (χ3v) is 17.1. The van der Waals surface area contributed by atoms with Gasteiger partial charge < -0.3 is 5.11 Å². The molecule has 0 aromatic rings. The zero-order valence-corrected chi connectivity index (χ0v) is 35.7. The van der Waals surface area contributed by atoms with E-state index in [1.165, 1.54) is 78.1 Å². The number of aliphatic hydroxyl groups excluding tert-OH is 1. The molecule has 0 spiro atoms. The summed E-state index contributed by atoms with van der Waals surface area (Å²) in [7, 11) is -6.63. The molecule has 0 radical (unpaired) electrons. The molecular formula is C39H72F6N2O6S3. The summed E-state index contributed by atoms with van der Waals surface area (Å²) in [5.41, 5.74) is 0. The molecule has 4 rings (SSSR count). The molecule has 0 bridgehead atoms. The van der Waals surface area contributed by atoms with Crippen molar-refractivity contribution in [3.05, 3.63) is 0 Å². The van der Waals surface area contributed by atoms with Crippen molar-refractivity contribution in [2.45, 2.75) is 169 Å². The molecule has 4 saturated carbocycles. The van der Waals surface area contributed by atoms with Crippen LogP contribution in [0.25, 0.3) is 0 Å². The highest BCUT2D eigenvalue weighted by atomic mass is 32.2. The summed E-state index contributed by atoms with van der Waals surface area (Å²) in [5.74, 6) is -0.712. The summed E-state index contributed by atoms with van der Waals surface area (Å²) in [5, 5.41) is 8.69. The zero-order chi connectivity index (χ0) is 41.5. The lowest BCUT2D eigenvalue weighted by atomic mass is 9.90. The van der Waals surface area contributed by atoms with Crippen LogP contribution in [0.15, 0.2) is 8.73 Å². The molecule has 1 N–H and O–H groups in total. The molecule has 0 aromatic heterocycles. The third kappa shape index (κ3) is 24.1. The van der Waals surface area contributed by atoms with E-state index in [1.54, 1.807) is 0 Å². The van der Waals surface area contributed by atoms with Crippen LogP contribution in [0.2, 0.25) is 0 Å². The molecule has 334 valence electrons. The van der Waals surface area contributed by atoms with E-state index in [4.69, 9.17) is 5.11 Å². The van der Waals surface area contributed by atoms with Gasteiger partial charge in [-0.15, -0.1) is 0 Å². The highest BCUT2D eigenvalue weighted by Gasteiger charge is 2.41. The number of nitrogens with zero attached hydrogens (tertiary/aromatic N) is 2. The summed E-state index contributed by atoms with van der Waals surface area (Å²) in [6.07, 6.45) is 13.1. The van der Waals surface area contributed by atoms with Gasteiger partial charge in [-0.2, -0.15) is 35.1 Å². The first-order valence-electron chi connectivity index (χ1n) is 20.4. The van der Waals surface area contributed by atoms with Crippen LogP contribution in [0.1, 0.15) is 157 Å². The van der Waals surface area contributed by atoms with Gasteiger partial charge in [-0.25, -0.2) is 8.42 Å². The maximum atomic E-state index is 12.2. The van der Waals surface area contributed by atoms with E-state index in [0.29, 0.717) is 12.5 Å². The molecule has 0 heterocycles. The maximum Gasteiger partial charge on any atom is 0.474 e. The predicted octanol–water partition coefficient (Wildman–Crippen LogP) is 10.8. The van der Waals surface area contributed by atoms with Gasteiger partial charge in [0.05, 0.1) is 19.5 Å². The number of hydrogen-bond donors (Lipinski definition) is 1. The van der Waals surface area contributed by atoms with E-state index >= 15 is 0 Å². The fraction of sp³-hybridized carbons (Fsp3) is 0.949. The molecule has 4 aliphatic rings. The molecule has 56 heavy (non-hydrogen) atoms. The summed E-state index contributed by atoms with van der Waals surface area (Å²) < 4.78 is 114. The summed E-state index contributed by atoms with van der Waals surface area (Å²) in [6.45, 7) is 5.45. The first-order valence-corrected chi connectivity index (χ1v) is 25.6. The van der Waals surface area contributed by atoms with E-state index in [-0.39, 0.29) is 42.3 Å². The van der Waals surface area contributed by atoms with E-state index in [0.717, 1.165) is 81.6 Å². The first-order chi connectivity index (χ1) is 25.8. The zero-order valence-electron chi connectivity index (χ0n) is 33.3. The Morgan fingerprint density at radius 1 is 0.571 bits per heavy atom. The molecule has 2 amide bonds. The molecule has 3 atom stereocenters. The van der Waals surface area contributed by atoms with Gasteiger partial charge in [0.1, 0.15) is 0 Å². The topological polar surface area (TPSA) is 130 Å². The normalized spacial score (nSPS) is 21.7. The quantitative estimate of drug-likeness (QED) is 0.218. The van der Waals surface area contributed by atoms with Crippen molar-refractivity contribution in [3.8, 4) is 0 Å². The number of amides is 2. The van der Waals surface area contributed by atoms with Crippen molar-refractivity contribution in [3.63, 3.8) is 0 Å². The minimum atomic E-state index is -5.02. The van der Waals surface area contributed by atoms with E-state index < -0.39 is 54.4 Å². The van der Waals surface area contributed by atoms with Gasteiger partial charge >= 0.3 is 24.2 Å². The lowest BCUT2D eigenvalue weighted by molar-refractivity contribution is -0.169. The Kier molecular flexibility index (Phi) is 27.9. The second kappa shape index (κ2) is 28.4. The average molecular weight is 875 g/mol. The molecular weight excluding hydrogens is 803 g/mol. The Hall–Kier alpha value is -1.07. The molecule has 4 aliphatic carbocycles. The number of carbonyl (C=O) groups is 2. The number of halogens is 6. The lowest BCUT2D eigenvalue weighted by Gasteiger charge is -2.22. The van der Waals surface area contributed by atoms with Gasteiger partial charge in [0.15, 0.2) is 0 Å². The minimum Gasteiger partial charge on any atom is -0.396 e. The largest absolute Gasteiger partial charge is 0.474 e. The Balaban J connectivity index is 0.000000747. The van der Waals surface area contributed by atoms with Crippen molar-refractivity contribution in [2.75, 3.05) is 41.1 Å². The number of carbonyl (C=O) groups excluding carboxylic acids is 2. The second-order valence-electron chi connectivity index (χ2n) is 15.3. The van der Waals surface area contributed by atoms with Crippen molar-refractivity contribution >= 4 is 42.1 Å². The summed E-state index contributed by atoms with van der Waals surface area (Å²) in [4.78, 5) is 21.6. The average Bonchev–Trinajstić information content (AvgIpc) is 3.16. The first kappa shape index (κ1) is 54.9. The van der Waals surface area contributed by atoms with Crippen LogP contribution in [-0.2, 0) is 39.8 Å². The van der Waals surface area contributed by atoms with Gasteiger partial charge in [0.2, 0.25) is 0 Å². The SMILES string of the molecule is C.CCS(=O)(CC1CCCCC1)=NC(=O)C(F)(F)F.CCS(=O)(CC1CCCCC1)=NC(=O)C(F)(F)F.CCS(=O)CC1CCCCC1.OCC1CCCCC1. The highest BCUT2D eigenvalue weighted by Crippen LogP contribution is 2.28. The second-order valence-corrected chi connectivity index (χ2v) is 22.4. The number of aliphatic hydroxyl groups is 1. The maximum absolute atomic E-state index is 12.2. The van der Waals surface area contributed by atoms with Crippen LogP contribution in [0.3, 0.4) is 0 Å². The molecule has 3 unspecified atom stereocenters. The van der Waals surface area contributed by atoms with Crippen molar-refractivity contribution < 1.29 is 53.7 Å². The molecule has 0 aromatic carbocycles. The lowest BCUT2D eigenvalue weighted by Crippen LogP contribution is -2.26. The van der Waals surface area contributed by atoms with Crippen molar-refractivity contribution in [1.82, 2.24) is 0 Å². The smallest absolute Gasteiger partial charge is 0.396 e. The molecule has 0 aliphatic heterocycles. The predicted molar refractivity (Wildman–Crippen MR) is 218 cm³/mol. The van der Waals surface area contributed by atoms with E-state index in [2.05, 4.69) is 8.73 Å². The van der Waals surface area contributed by atoms with Gasteiger partial charge in [-0.05, 0) is 75.0 Å². The number of alkyl halides is 6. The van der Waals surface area contributed by atoms with Gasteiger partial charge in [0.25, 0.3) is 0 Å². The summed E-state index contributed by atoms with van der Waals surface area (Å²) in [6, 6.07) is 0. The minimum absolute atomic E-state index is 0. The van der Waals surface area contributed by atoms with Crippen LogP contribution in [0, 0.1) is 23.7 Å². The van der Waals surface area contributed by atoms with Crippen LogP contribution in [0.4, 0.5) is 26.3 Å². The van der Waals surface area contributed by atoms with Crippen molar-refractivity contribution in [1.29, 1.82) is 0 Å². The fourth-order valence-corrected chi connectivity index (χ4v) is 12.3. The van der Waals surface area contributed by atoms with Crippen molar-refractivity contribution in [2.24, 2.45) is 32.4 Å². The van der Waals surface area contributed by atoms with Crippen LogP contribution in [-0.4, -0.2) is 83.0 Å². The fourth-order valence-electron chi connectivity index (χ4n) is 7.39. The van der Waals surface area contributed by atoms with Gasteiger partial charge in [0, 0.05) is 51.9 Å². The molecule has 17 heteroatoms. The molecule has 0 saturated heterocycles. The molecule has 8 nitrogen and oxygen atoms in total. The number of rotatable bonds is 10. The van der Waals surface area contributed by atoms with E-state index in [9.17, 15) is 48.6 Å². The molecule has 4 fully saturated rings. The van der Waals surface area contributed by atoms with Crippen LogP contribution >= 0.6 is 0 Å². The van der Waals surface area contributed by atoms with Gasteiger partial charge in [-0.1, -0.05) is 105 Å². The van der Waals surface area contributed by atoms with Crippen LogP contribution in [0.5, 0.6) is 0 Å². The Morgan fingerprint density at radius 3 is 1.09 bits per heavy atom. The monoisotopic (exact) mass is 874 g/mol. The Morgan fingerprint density at radius 2 is 0.857 bits per heavy atom. The standard InChI is InChI=1S/2C11H18F3NO2S.C9H18OS.C7H14O.CH4/c2*1-2-18(17,15-10(16)11(12,13)14)8-9-6-4-3-5-7-9;1-2-11(10)8-9-6-4-3-5-7-9;8-6-7-4-2-1-3-5-7;/h2*9H,2-8H2,1H3;9H,2-8H2,1H3;7-8H,1-6H2;1H4. The highest BCUT2D eigenvalue weighted by molar-refractivity contribution is 7.94. The third-order valence-electron chi connectivity index (χ3n) is 10.8. The number of hydrogen-bond acceptors (Lipinski definition) is 6. The Labute approximate surface area is 337 Å². The van der Waals surface area contributed by atoms with Gasteiger partial charge in [-0.3, -0.25) is 13.8 Å².